The highest BCUT2D eigenvalue weighted by atomic mass is 35.5. The fourth-order valence-corrected chi connectivity index (χ4v) is 2.32. The number of carbonyl (C=O) groups excluding carboxylic acids is 1. The molecular weight excluding hydrogens is 295 g/mol. The molecule has 0 saturated carbocycles. The van der Waals surface area contributed by atoms with E-state index in [1.54, 1.807) is 18.2 Å². The predicted octanol–water partition coefficient (Wildman–Crippen LogP) is 4.44. The molecular formula is C15H14Cl2N2O. The monoisotopic (exact) mass is 308 g/mol. The molecule has 2 aromatic carbocycles. The van der Waals surface area contributed by atoms with Crippen LogP contribution in [-0.2, 0) is 0 Å². The van der Waals surface area contributed by atoms with Gasteiger partial charge in [0.1, 0.15) is 0 Å². The zero-order valence-electron chi connectivity index (χ0n) is 11.1. The highest BCUT2D eigenvalue weighted by molar-refractivity contribution is 6.42. The van der Waals surface area contributed by atoms with Crippen molar-refractivity contribution in [3.63, 3.8) is 0 Å². The van der Waals surface area contributed by atoms with Gasteiger partial charge in [-0.15, -0.1) is 0 Å². The van der Waals surface area contributed by atoms with Crippen molar-refractivity contribution >= 4 is 40.5 Å². The van der Waals surface area contributed by atoms with Crippen LogP contribution in [0.1, 0.15) is 21.5 Å². The van der Waals surface area contributed by atoms with Crippen molar-refractivity contribution in [3.8, 4) is 0 Å². The minimum absolute atomic E-state index is 0.237. The molecule has 0 saturated heterocycles. The number of nitrogen functional groups attached to an aromatic ring is 1. The molecule has 0 bridgehead atoms. The number of amides is 1. The average molecular weight is 309 g/mol. The van der Waals surface area contributed by atoms with Gasteiger partial charge in [0.2, 0.25) is 0 Å². The molecule has 1 amide bonds. The van der Waals surface area contributed by atoms with E-state index in [9.17, 15) is 4.79 Å². The lowest BCUT2D eigenvalue weighted by Gasteiger charge is -2.13. The van der Waals surface area contributed by atoms with Gasteiger partial charge in [-0.2, -0.15) is 0 Å². The molecule has 0 aromatic heterocycles. The molecule has 2 aromatic rings. The summed E-state index contributed by atoms with van der Waals surface area (Å²) < 4.78 is 0. The van der Waals surface area contributed by atoms with Gasteiger partial charge in [0.25, 0.3) is 5.91 Å². The molecule has 0 aliphatic heterocycles. The number of carbonyl (C=O) groups is 1. The molecule has 0 atom stereocenters. The Kier molecular flexibility index (Phi) is 4.21. The number of benzene rings is 2. The van der Waals surface area contributed by atoms with Crippen LogP contribution in [0, 0.1) is 13.8 Å². The Morgan fingerprint density at radius 2 is 1.65 bits per heavy atom. The second-order valence-corrected chi connectivity index (χ2v) is 5.43. The first kappa shape index (κ1) is 14.7. The largest absolute Gasteiger partial charge is 0.399 e. The Hall–Kier alpha value is -1.71. The maximum absolute atomic E-state index is 12.2. The molecule has 3 N–H and O–H groups in total. The van der Waals surface area contributed by atoms with Crippen LogP contribution in [0.5, 0.6) is 0 Å². The summed E-state index contributed by atoms with van der Waals surface area (Å²) >= 11 is 11.8. The van der Waals surface area contributed by atoms with E-state index in [1.807, 2.05) is 26.0 Å². The zero-order valence-corrected chi connectivity index (χ0v) is 12.6. The zero-order chi connectivity index (χ0) is 14.9. The topological polar surface area (TPSA) is 55.1 Å². The third-order valence-electron chi connectivity index (χ3n) is 2.98. The third kappa shape index (κ3) is 3.06. The molecule has 0 fully saturated rings. The summed E-state index contributed by atoms with van der Waals surface area (Å²) in [6.07, 6.45) is 0. The van der Waals surface area contributed by atoms with Crippen molar-refractivity contribution < 1.29 is 4.79 Å². The number of nitrogens with two attached hydrogens (primary N) is 1. The number of halogens is 2. The Labute approximate surface area is 127 Å². The SMILES string of the molecule is Cc1cc(N)cc(C)c1NC(=O)c1ccc(Cl)c(Cl)c1. The Balaban J connectivity index is 2.30. The van der Waals surface area contributed by atoms with Gasteiger partial charge < -0.3 is 11.1 Å². The van der Waals surface area contributed by atoms with Gasteiger partial charge in [-0.05, 0) is 55.3 Å². The Morgan fingerprint density at radius 3 is 2.20 bits per heavy atom. The first-order valence-corrected chi connectivity index (χ1v) is 6.77. The fourth-order valence-electron chi connectivity index (χ4n) is 2.02. The lowest BCUT2D eigenvalue weighted by molar-refractivity contribution is 0.102. The summed E-state index contributed by atoms with van der Waals surface area (Å²) in [5.41, 5.74) is 9.47. The van der Waals surface area contributed by atoms with Gasteiger partial charge in [-0.1, -0.05) is 23.2 Å². The van der Waals surface area contributed by atoms with Crippen molar-refractivity contribution in [2.75, 3.05) is 11.1 Å². The molecule has 3 nitrogen and oxygen atoms in total. The maximum atomic E-state index is 12.2. The lowest BCUT2D eigenvalue weighted by atomic mass is 10.1. The van der Waals surface area contributed by atoms with Crippen LogP contribution < -0.4 is 11.1 Å². The fraction of sp³-hybridized carbons (Fsp3) is 0.133. The average Bonchev–Trinajstić information content (AvgIpc) is 2.36. The normalized spacial score (nSPS) is 10.4. The van der Waals surface area contributed by atoms with E-state index < -0.39 is 0 Å². The number of anilines is 2. The minimum atomic E-state index is -0.237. The van der Waals surface area contributed by atoms with E-state index in [-0.39, 0.29) is 5.91 Å². The smallest absolute Gasteiger partial charge is 0.255 e. The molecule has 0 aliphatic rings. The number of nitrogens with one attached hydrogen (secondary N) is 1. The summed E-state index contributed by atoms with van der Waals surface area (Å²) in [4.78, 5) is 12.2. The van der Waals surface area contributed by atoms with Crippen LogP contribution in [0.25, 0.3) is 0 Å². The second kappa shape index (κ2) is 5.73. The molecule has 0 heterocycles. The van der Waals surface area contributed by atoms with Gasteiger partial charge in [0.05, 0.1) is 10.0 Å². The number of hydrogen-bond acceptors (Lipinski definition) is 2. The molecule has 0 spiro atoms. The molecule has 0 radical (unpaired) electrons. The number of rotatable bonds is 2. The summed E-state index contributed by atoms with van der Waals surface area (Å²) in [6, 6.07) is 8.41. The quantitative estimate of drug-likeness (QED) is 0.806. The molecule has 0 aliphatic carbocycles. The van der Waals surface area contributed by atoms with Gasteiger partial charge >= 0.3 is 0 Å². The van der Waals surface area contributed by atoms with Crippen molar-refractivity contribution in [2.24, 2.45) is 0 Å². The predicted molar refractivity (Wildman–Crippen MR) is 84.7 cm³/mol. The van der Waals surface area contributed by atoms with Gasteiger partial charge in [-0.25, -0.2) is 0 Å². The number of aryl methyl sites for hydroxylation is 2. The van der Waals surface area contributed by atoms with Crippen LogP contribution in [0.3, 0.4) is 0 Å². The summed E-state index contributed by atoms with van der Waals surface area (Å²) in [5, 5.41) is 3.64. The van der Waals surface area contributed by atoms with E-state index in [1.165, 1.54) is 0 Å². The van der Waals surface area contributed by atoms with Crippen molar-refractivity contribution in [1.82, 2.24) is 0 Å². The van der Waals surface area contributed by atoms with Crippen LogP contribution in [0.2, 0.25) is 10.0 Å². The molecule has 20 heavy (non-hydrogen) atoms. The maximum Gasteiger partial charge on any atom is 0.255 e. The first-order valence-electron chi connectivity index (χ1n) is 6.01. The Bertz CT molecular complexity index is 661. The minimum Gasteiger partial charge on any atom is -0.399 e. The van der Waals surface area contributed by atoms with Crippen molar-refractivity contribution in [3.05, 3.63) is 57.1 Å². The third-order valence-corrected chi connectivity index (χ3v) is 3.71. The molecule has 0 unspecified atom stereocenters. The van der Waals surface area contributed by atoms with Gasteiger partial charge in [0, 0.05) is 16.9 Å². The molecule has 104 valence electrons. The van der Waals surface area contributed by atoms with Crippen LogP contribution in [-0.4, -0.2) is 5.91 Å². The van der Waals surface area contributed by atoms with Crippen LogP contribution >= 0.6 is 23.2 Å². The molecule has 5 heteroatoms. The van der Waals surface area contributed by atoms with E-state index in [0.29, 0.717) is 21.3 Å². The van der Waals surface area contributed by atoms with Crippen LogP contribution in [0.15, 0.2) is 30.3 Å². The van der Waals surface area contributed by atoms with E-state index in [2.05, 4.69) is 5.32 Å². The standard InChI is InChI=1S/C15H14Cl2N2O/c1-8-5-11(18)6-9(2)14(8)19-15(20)10-3-4-12(16)13(17)7-10/h3-7H,18H2,1-2H3,(H,19,20). The van der Waals surface area contributed by atoms with E-state index in [4.69, 9.17) is 28.9 Å². The first-order chi connectivity index (χ1) is 9.38. The van der Waals surface area contributed by atoms with Crippen molar-refractivity contribution in [1.29, 1.82) is 0 Å². The molecule has 2 rings (SSSR count). The summed E-state index contributed by atoms with van der Waals surface area (Å²) in [7, 11) is 0. The van der Waals surface area contributed by atoms with E-state index in [0.717, 1.165) is 16.8 Å². The van der Waals surface area contributed by atoms with Gasteiger partial charge in [-0.3, -0.25) is 4.79 Å². The van der Waals surface area contributed by atoms with Gasteiger partial charge in [0.15, 0.2) is 0 Å². The number of hydrogen-bond donors (Lipinski definition) is 2. The summed E-state index contributed by atoms with van der Waals surface area (Å²) in [6.45, 7) is 3.79. The lowest BCUT2D eigenvalue weighted by Crippen LogP contribution is -2.14. The van der Waals surface area contributed by atoms with Crippen LogP contribution in [0.4, 0.5) is 11.4 Å². The highest BCUT2D eigenvalue weighted by Crippen LogP contribution is 2.26. The highest BCUT2D eigenvalue weighted by Gasteiger charge is 2.11. The summed E-state index contributed by atoms with van der Waals surface area (Å²) in [5.74, 6) is -0.237. The second-order valence-electron chi connectivity index (χ2n) is 4.61. The van der Waals surface area contributed by atoms with Crippen molar-refractivity contribution in [2.45, 2.75) is 13.8 Å². The van der Waals surface area contributed by atoms with E-state index >= 15 is 0 Å². The Morgan fingerprint density at radius 1 is 1.05 bits per heavy atom.